The number of aliphatic hydroxyl groups excluding tert-OH is 1. The number of hydrogen-bond acceptors (Lipinski definition) is 6. The number of aliphatic hydroxyl groups is 1. The average molecular weight is 506 g/mol. The lowest BCUT2D eigenvalue weighted by atomic mass is 9.59. The zero-order valence-corrected chi connectivity index (χ0v) is 21.0. The Bertz CT molecular complexity index is 731. The molecule has 2 bridgehead atoms. The van der Waals surface area contributed by atoms with Crippen LogP contribution in [0.2, 0.25) is 0 Å². The molecule has 4 aliphatic carbocycles. The number of ether oxygens (including phenoxy) is 1. The summed E-state index contributed by atoms with van der Waals surface area (Å²) < 4.78 is 5.78. The van der Waals surface area contributed by atoms with Crippen molar-refractivity contribution < 1.29 is 24.3 Å². The molecule has 33 heavy (non-hydrogen) atoms. The van der Waals surface area contributed by atoms with Crippen molar-refractivity contribution in [2.24, 2.45) is 5.92 Å². The van der Waals surface area contributed by atoms with E-state index in [1.165, 1.54) is 0 Å². The summed E-state index contributed by atoms with van der Waals surface area (Å²) in [6.45, 7) is 4.13. The smallest absolute Gasteiger partial charge is 0.251 e. The first-order chi connectivity index (χ1) is 15.6. The van der Waals surface area contributed by atoms with Crippen molar-refractivity contribution in [3.8, 4) is 0 Å². The van der Waals surface area contributed by atoms with Gasteiger partial charge in [-0.05, 0) is 57.3 Å². The van der Waals surface area contributed by atoms with E-state index in [1.807, 2.05) is 0 Å². The Morgan fingerprint density at radius 1 is 1.12 bits per heavy atom. The van der Waals surface area contributed by atoms with Gasteiger partial charge in [0, 0.05) is 18.0 Å². The fourth-order valence-electron chi connectivity index (χ4n) is 5.77. The molecule has 2 amide bonds. The predicted octanol–water partition coefficient (Wildman–Crippen LogP) is 2.14. The van der Waals surface area contributed by atoms with Crippen LogP contribution in [0.15, 0.2) is 0 Å². The number of carbonyl (C=O) groups is 2. The second kappa shape index (κ2) is 10.2. The van der Waals surface area contributed by atoms with Gasteiger partial charge < -0.3 is 20.5 Å². The van der Waals surface area contributed by atoms with E-state index in [-0.39, 0.29) is 41.3 Å². The Kier molecular flexibility index (Phi) is 7.83. The Labute approximate surface area is 205 Å². The van der Waals surface area contributed by atoms with E-state index < -0.39 is 23.3 Å². The summed E-state index contributed by atoms with van der Waals surface area (Å²) in [6.07, 6.45) is 4.58. The van der Waals surface area contributed by atoms with E-state index in [0.717, 1.165) is 12.8 Å². The molecule has 10 heteroatoms. The number of nitrogens with one attached hydrogen (secondary N) is 3. The lowest BCUT2D eigenvalue weighted by Gasteiger charge is -2.56. The van der Waals surface area contributed by atoms with Gasteiger partial charge in [-0.25, -0.2) is 0 Å². The third kappa shape index (κ3) is 5.62. The highest BCUT2D eigenvalue weighted by molar-refractivity contribution is 6.30. The maximum absolute atomic E-state index is 12.8. The maximum Gasteiger partial charge on any atom is 0.251 e. The third-order valence-corrected chi connectivity index (χ3v) is 9.25. The van der Waals surface area contributed by atoms with Gasteiger partial charge in [0.1, 0.15) is 6.61 Å². The number of fused-ring (bicyclic) bond motifs is 3. The number of alkyl halides is 2. The van der Waals surface area contributed by atoms with Gasteiger partial charge in [0.05, 0.1) is 28.5 Å². The van der Waals surface area contributed by atoms with Crippen molar-refractivity contribution in [1.29, 1.82) is 0 Å². The minimum absolute atomic E-state index is 0.0484. The van der Waals surface area contributed by atoms with Crippen LogP contribution >= 0.6 is 23.2 Å². The standard InChI is InChI=1S/C23H37Cl2N3O5/c1-13(2)17-10-18(33-28-17)21(31)27-22-5-7-23(8-6-22,19(29)11-22)26-20(30)12-32-14-3-4-15(24)16(25)9-14/h13-19,28-29H,3-12H2,1-2H3,(H,26,30)(H,27,31)/t14?,15?,16?,17?,18?,19-,22?,23?/m0/s1. The Morgan fingerprint density at radius 2 is 1.85 bits per heavy atom. The van der Waals surface area contributed by atoms with E-state index in [0.29, 0.717) is 50.9 Å². The van der Waals surface area contributed by atoms with E-state index in [4.69, 9.17) is 32.8 Å². The molecule has 4 N–H and O–H groups in total. The van der Waals surface area contributed by atoms with Crippen molar-refractivity contribution in [2.75, 3.05) is 6.61 Å². The molecule has 5 unspecified atom stereocenters. The maximum atomic E-state index is 12.8. The van der Waals surface area contributed by atoms with Crippen molar-refractivity contribution in [3.05, 3.63) is 0 Å². The van der Waals surface area contributed by atoms with Gasteiger partial charge >= 0.3 is 0 Å². The SMILES string of the molecule is CC(C)C1CC(C(=O)NC23CCC(NC(=O)COC4CCC(Cl)C(Cl)C4)(CC2)[C@@H](O)C3)ON1. The molecule has 0 aromatic rings. The minimum Gasteiger partial charge on any atom is -0.391 e. The molecule has 8 nitrogen and oxygen atoms in total. The number of hydroxylamine groups is 1. The van der Waals surface area contributed by atoms with Gasteiger partial charge in [0.2, 0.25) is 5.91 Å². The zero-order valence-electron chi connectivity index (χ0n) is 19.4. The van der Waals surface area contributed by atoms with Gasteiger partial charge in [-0.2, -0.15) is 5.48 Å². The molecule has 188 valence electrons. The van der Waals surface area contributed by atoms with Crippen LogP contribution in [0.4, 0.5) is 0 Å². The van der Waals surface area contributed by atoms with Crippen molar-refractivity contribution in [1.82, 2.24) is 16.1 Å². The second-order valence-electron chi connectivity index (χ2n) is 10.8. The first-order valence-electron chi connectivity index (χ1n) is 12.2. The summed E-state index contributed by atoms with van der Waals surface area (Å²) in [6, 6.07) is 0.159. The molecular formula is C23H37Cl2N3O5. The summed E-state index contributed by atoms with van der Waals surface area (Å²) in [5.74, 6) is 0.0257. The van der Waals surface area contributed by atoms with Gasteiger partial charge in [0.25, 0.3) is 5.91 Å². The quantitative estimate of drug-likeness (QED) is 0.394. The topological polar surface area (TPSA) is 109 Å². The summed E-state index contributed by atoms with van der Waals surface area (Å²) in [7, 11) is 0. The molecular weight excluding hydrogens is 469 g/mol. The van der Waals surface area contributed by atoms with E-state index in [9.17, 15) is 14.7 Å². The molecule has 0 spiro atoms. The molecule has 1 aliphatic heterocycles. The van der Waals surface area contributed by atoms with Crippen LogP contribution in [0, 0.1) is 5.92 Å². The van der Waals surface area contributed by atoms with E-state index >= 15 is 0 Å². The van der Waals surface area contributed by atoms with E-state index in [2.05, 4.69) is 30.0 Å². The molecule has 5 rings (SSSR count). The molecule has 4 saturated carbocycles. The summed E-state index contributed by atoms with van der Waals surface area (Å²) in [5.41, 5.74) is 1.84. The van der Waals surface area contributed by atoms with E-state index in [1.54, 1.807) is 0 Å². The van der Waals surface area contributed by atoms with Gasteiger partial charge in [-0.1, -0.05) is 13.8 Å². The molecule has 1 saturated heterocycles. The zero-order chi connectivity index (χ0) is 23.8. The number of carbonyl (C=O) groups excluding carboxylic acids is 2. The lowest BCUT2D eigenvalue weighted by Crippen LogP contribution is -2.70. The van der Waals surface area contributed by atoms with Crippen LogP contribution < -0.4 is 16.1 Å². The third-order valence-electron chi connectivity index (χ3n) is 8.12. The van der Waals surface area contributed by atoms with Crippen LogP contribution in [0.1, 0.15) is 71.6 Å². The number of rotatable bonds is 7. The summed E-state index contributed by atoms with van der Waals surface area (Å²) in [4.78, 5) is 31.0. The Morgan fingerprint density at radius 3 is 2.45 bits per heavy atom. The Hall–Kier alpha value is -0.640. The Balaban J connectivity index is 1.26. The van der Waals surface area contributed by atoms with Crippen molar-refractivity contribution in [2.45, 2.75) is 118 Å². The van der Waals surface area contributed by atoms with Crippen molar-refractivity contribution in [3.63, 3.8) is 0 Å². The molecule has 6 atom stereocenters. The fraction of sp³-hybridized carbons (Fsp3) is 0.913. The van der Waals surface area contributed by atoms with Gasteiger partial charge in [-0.15, -0.1) is 23.2 Å². The summed E-state index contributed by atoms with van der Waals surface area (Å²) in [5, 5.41) is 17.0. The van der Waals surface area contributed by atoms with Gasteiger partial charge in [0.15, 0.2) is 6.10 Å². The molecule has 0 aromatic carbocycles. The van der Waals surface area contributed by atoms with Gasteiger partial charge in [-0.3, -0.25) is 14.4 Å². The van der Waals surface area contributed by atoms with Crippen LogP contribution in [0.3, 0.4) is 0 Å². The highest BCUT2D eigenvalue weighted by Gasteiger charge is 2.55. The highest BCUT2D eigenvalue weighted by Crippen LogP contribution is 2.47. The van der Waals surface area contributed by atoms with Crippen LogP contribution in [0.25, 0.3) is 0 Å². The van der Waals surface area contributed by atoms with Crippen LogP contribution in [0.5, 0.6) is 0 Å². The first-order valence-corrected chi connectivity index (χ1v) is 13.1. The normalized spacial score (nSPS) is 43.0. The minimum atomic E-state index is -0.728. The predicted molar refractivity (Wildman–Crippen MR) is 125 cm³/mol. The number of amides is 2. The van der Waals surface area contributed by atoms with Crippen molar-refractivity contribution >= 4 is 35.0 Å². The lowest BCUT2D eigenvalue weighted by molar-refractivity contribution is -0.144. The number of halogens is 2. The first kappa shape index (κ1) is 25.5. The van der Waals surface area contributed by atoms with Crippen LogP contribution in [-0.4, -0.2) is 69.7 Å². The summed E-state index contributed by atoms with van der Waals surface area (Å²) >= 11 is 12.4. The molecule has 5 fully saturated rings. The monoisotopic (exact) mass is 505 g/mol. The molecule has 1 heterocycles. The molecule has 5 aliphatic rings. The van der Waals surface area contributed by atoms with Crippen LogP contribution in [-0.2, 0) is 19.2 Å². The average Bonchev–Trinajstić information content (AvgIpc) is 3.27. The largest absolute Gasteiger partial charge is 0.391 e. The highest BCUT2D eigenvalue weighted by atomic mass is 35.5. The number of hydrogen-bond donors (Lipinski definition) is 4. The molecule has 0 aromatic heterocycles. The molecule has 0 radical (unpaired) electrons. The fourth-order valence-corrected chi connectivity index (χ4v) is 6.32. The second-order valence-corrected chi connectivity index (χ2v) is 11.9.